The highest BCUT2D eigenvalue weighted by atomic mass is 16.6. The van der Waals surface area contributed by atoms with Gasteiger partial charge in [-0.3, -0.25) is 4.90 Å². The molecule has 2 aliphatic heterocycles. The lowest BCUT2D eigenvalue weighted by molar-refractivity contribution is 0.0697. The first-order chi connectivity index (χ1) is 15.7. The summed E-state index contributed by atoms with van der Waals surface area (Å²) in [5.41, 5.74) is 3.96. The van der Waals surface area contributed by atoms with Crippen molar-refractivity contribution in [2.24, 2.45) is 0 Å². The van der Waals surface area contributed by atoms with Gasteiger partial charge in [-0.1, -0.05) is 36.4 Å². The molecule has 0 spiro atoms. The van der Waals surface area contributed by atoms with Crippen molar-refractivity contribution in [1.29, 1.82) is 0 Å². The first-order valence-corrected chi connectivity index (χ1v) is 11.0. The second kappa shape index (κ2) is 9.01. The van der Waals surface area contributed by atoms with Crippen LogP contribution in [0.3, 0.4) is 0 Å². The Morgan fingerprint density at radius 2 is 1.72 bits per heavy atom. The number of benzene rings is 2. The van der Waals surface area contributed by atoms with Gasteiger partial charge < -0.3 is 14.6 Å². The van der Waals surface area contributed by atoms with Crippen LogP contribution in [0.1, 0.15) is 51.9 Å². The third-order valence-corrected chi connectivity index (χ3v) is 6.35. The highest BCUT2D eigenvalue weighted by Gasteiger charge is 2.24. The van der Waals surface area contributed by atoms with E-state index in [2.05, 4.69) is 34.1 Å². The second-order valence-electron chi connectivity index (χ2n) is 8.44. The first-order valence-electron chi connectivity index (χ1n) is 11.0. The van der Waals surface area contributed by atoms with Gasteiger partial charge in [-0.25, -0.2) is 9.78 Å². The number of carboxylic acids is 1. The van der Waals surface area contributed by atoms with Gasteiger partial charge in [-0.05, 0) is 72.8 Å². The van der Waals surface area contributed by atoms with E-state index in [1.807, 2.05) is 24.3 Å². The number of nitrogens with zero attached hydrogens (tertiary/aromatic N) is 2. The number of pyridine rings is 1. The van der Waals surface area contributed by atoms with Crippen LogP contribution < -0.4 is 9.47 Å². The highest BCUT2D eigenvalue weighted by molar-refractivity contribution is 5.87. The van der Waals surface area contributed by atoms with Crippen molar-refractivity contribution in [3.8, 4) is 11.6 Å². The summed E-state index contributed by atoms with van der Waals surface area (Å²) < 4.78 is 11.8. The van der Waals surface area contributed by atoms with E-state index in [4.69, 9.17) is 14.6 Å². The summed E-state index contributed by atoms with van der Waals surface area (Å²) in [5.74, 6) is 0.868. The van der Waals surface area contributed by atoms with E-state index >= 15 is 0 Å². The Morgan fingerprint density at radius 3 is 2.44 bits per heavy atom. The Balaban J connectivity index is 1.14. The standard InChI is InChI=1S/C26H26N2O4/c29-26(30)22-9-7-19(8-10-22)20-11-14-28(15-12-20)16-18-3-5-21(6-4-18)24-17-31-23-2-1-13-27-25(23)32-24/h1-10,13,20,24H,11-12,14-17H2,(H,29,30). The Hall–Kier alpha value is -3.38. The Morgan fingerprint density at radius 1 is 1.00 bits per heavy atom. The van der Waals surface area contributed by atoms with Crippen molar-refractivity contribution < 1.29 is 19.4 Å². The highest BCUT2D eigenvalue weighted by Crippen LogP contribution is 2.34. The minimum atomic E-state index is -0.874. The lowest BCUT2D eigenvalue weighted by atomic mass is 9.89. The number of ether oxygens (including phenoxy) is 2. The van der Waals surface area contributed by atoms with Crippen molar-refractivity contribution in [1.82, 2.24) is 9.88 Å². The average molecular weight is 431 g/mol. The predicted octanol–water partition coefficient (Wildman–Crippen LogP) is 4.67. The quantitative estimate of drug-likeness (QED) is 0.634. The number of aromatic carboxylic acids is 1. The normalized spacial score (nSPS) is 18.9. The van der Waals surface area contributed by atoms with Crippen LogP contribution in [-0.4, -0.2) is 40.7 Å². The third kappa shape index (κ3) is 4.46. The molecule has 1 fully saturated rings. The van der Waals surface area contributed by atoms with E-state index in [9.17, 15) is 4.79 Å². The molecule has 6 nitrogen and oxygen atoms in total. The van der Waals surface area contributed by atoms with E-state index < -0.39 is 5.97 Å². The second-order valence-corrected chi connectivity index (χ2v) is 8.44. The number of rotatable bonds is 5. The number of carboxylic acid groups (broad SMARTS) is 1. The molecular formula is C26H26N2O4. The molecule has 3 aromatic rings. The zero-order chi connectivity index (χ0) is 21.9. The summed E-state index contributed by atoms with van der Waals surface area (Å²) in [5, 5.41) is 9.07. The van der Waals surface area contributed by atoms with Crippen molar-refractivity contribution in [2.45, 2.75) is 31.4 Å². The van der Waals surface area contributed by atoms with Crippen molar-refractivity contribution in [3.63, 3.8) is 0 Å². The van der Waals surface area contributed by atoms with E-state index in [-0.39, 0.29) is 6.10 Å². The Bertz CT molecular complexity index is 1070. The van der Waals surface area contributed by atoms with Crippen molar-refractivity contribution in [3.05, 3.63) is 89.1 Å². The van der Waals surface area contributed by atoms with Crippen LogP contribution in [0, 0.1) is 0 Å². The van der Waals surface area contributed by atoms with E-state index in [0.717, 1.165) is 38.0 Å². The van der Waals surface area contributed by atoms with Crippen LogP contribution in [-0.2, 0) is 6.54 Å². The summed E-state index contributed by atoms with van der Waals surface area (Å²) in [6.45, 7) is 3.49. The molecule has 6 heteroatoms. The summed E-state index contributed by atoms with van der Waals surface area (Å²) in [6.07, 6.45) is 3.74. The monoisotopic (exact) mass is 430 g/mol. The lowest BCUT2D eigenvalue weighted by Gasteiger charge is -2.32. The van der Waals surface area contributed by atoms with Gasteiger partial charge in [0.25, 0.3) is 5.88 Å². The van der Waals surface area contributed by atoms with Gasteiger partial charge in [0.15, 0.2) is 11.9 Å². The average Bonchev–Trinajstić information content (AvgIpc) is 2.85. The number of hydrogen-bond acceptors (Lipinski definition) is 5. The maximum atomic E-state index is 11.0. The van der Waals surface area contributed by atoms with Crippen LogP contribution in [0.5, 0.6) is 11.6 Å². The maximum Gasteiger partial charge on any atom is 0.335 e. The number of hydrogen-bond donors (Lipinski definition) is 1. The molecule has 164 valence electrons. The number of carbonyl (C=O) groups is 1. The van der Waals surface area contributed by atoms with Crippen LogP contribution in [0.2, 0.25) is 0 Å². The maximum absolute atomic E-state index is 11.0. The smallest absolute Gasteiger partial charge is 0.335 e. The predicted molar refractivity (Wildman–Crippen MR) is 120 cm³/mol. The Labute approximate surface area is 187 Å². The minimum Gasteiger partial charge on any atom is -0.484 e. The Kier molecular flexibility index (Phi) is 5.77. The van der Waals surface area contributed by atoms with E-state index in [1.54, 1.807) is 18.3 Å². The van der Waals surface area contributed by atoms with E-state index in [1.165, 1.54) is 11.1 Å². The molecule has 0 bridgehead atoms. The molecule has 0 radical (unpaired) electrons. The molecule has 1 unspecified atom stereocenters. The van der Waals surface area contributed by atoms with Gasteiger partial charge in [0.05, 0.1) is 5.56 Å². The molecule has 0 amide bonds. The fourth-order valence-corrected chi connectivity index (χ4v) is 4.49. The van der Waals surface area contributed by atoms with Gasteiger partial charge in [-0.15, -0.1) is 0 Å². The topological polar surface area (TPSA) is 71.9 Å². The number of likely N-dealkylation sites (tertiary alicyclic amines) is 1. The van der Waals surface area contributed by atoms with Crippen LogP contribution in [0.15, 0.2) is 66.9 Å². The molecule has 5 rings (SSSR count). The third-order valence-electron chi connectivity index (χ3n) is 6.35. The number of piperidine rings is 1. The lowest BCUT2D eigenvalue weighted by Crippen LogP contribution is -2.32. The van der Waals surface area contributed by atoms with Gasteiger partial charge >= 0.3 is 5.97 Å². The summed E-state index contributed by atoms with van der Waals surface area (Å²) in [7, 11) is 0. The zero-order valence-electron chi connectivity index (χ0n) is 17.8. The minimum absolute atomic E-state index is 0.144. The van der Waals surface area contributed by atoms with Crippen LogP contribution in [0.25, 0.3) is 0 Å². The van der Waals surface area contributed by atoms with Crippen LogP contribution in [0.4, 0.5) is 0 Å². The van der Waals surface area contributed by atoms with E-state index in [0.29, 0.717) is 29.7 Å². The molecule has 3 heterocycles. The number of aromatic nitrogens is 1. The molecule has 1 aromatic heterocycles. The molecule has 1 atom stereocenters. The van der Waals surface area contributed by atoms with Gasteiger partial charge in [-0.2, -0.15) is 0 Å². The molecule has 0 saturated carbocycles. The fraction of sp³-hybridized carbons (Fsp3) is 0.308. The fourth-order valence-electron chi connectivity index (χ4n) is 4.49. The summed E-state index contributed by atoms with van der Waals surface area (Å²) in [4.78, 5) is 17.8. The zero-order valence-corrected chi connectivity index (χ0v) is 17.8. The summed E-state index contributed by atoms with van der Waals surface area (Å²) >= 11 is 0. The van der Waals surface area contributed by atoms with Gasteiger partial charge in [0.2, 0.25) is 0 Å². The largest absolute Gasteiger partial charge is 0.484 e. The summed E-state index contributed by atoms with van der Waals surface area (Å²) in [6, 6.07) is 19.6. The SMILES string of the molecule is O=C(O)c1ccc(C2CCN(Cc3ccc(C4COc5cccnc5O4)cc3)CC2)cc1. The van der Waals surface area contributed by atoms with Gasteiger partial charge in [0, 0.05) is 12.7 Å². The van der Waals surface area contributed by atoms with Crippen LogP contribution >= 0.6 is 0 Å². The molecular weight excluding hydrogens is 404 g/mol. The molecule has 32 heavy (non-hydrogen) atoms. The molecule has 2 aromatic carbocycles. The molecule has 1 saturated heterocycles. The van der Waals surface area contributed by atoms with Crippen molar-refractivity contribution >= 4 is 5.97 Å². The number of fused-ring (bicyclic) bond motifs is 1. The first kappa shape index (κ1) is 20.5. The molecule has 1 N–H and O–H groups in total. The van der Waals surface area contributed by atoms with Crippen molar-refractivity contribution in [2.75, 3.05) is 19.7 Å². The molecule has 2 aliphatic rings. The van der Waals surface area contributed by atoms with Gasteiger partial charge in [0.1, 0.15) is 6.61 Å². The molecule has 0 aliphatic carbocycles.